The molecule has 0 aliphatic heterocycles. The molecule has 2 rings (SSSR count). The lowest BCUT2D eigenvalue weighted by atomic mass is 9.70. The molecule has 1 aliphatic carbocycles. The summed E-state index contributed by atoms with van der Waals surface area (Å²) in [5.41, 5.74) is 3.63. The Balaban J connectivity index is 2.88. The van der Waals surface area contributed by atoms with Gasteiger partial charge in [-0.2, -0.15) is 0 Å². The monoisotopic (exact) mass is 437 g/mol. The van der Waals surface area contributed by atoms with Crippen LogP contribution < -0.4 is 9.84 Å². The van der Waals surface area contributed by atoms with E-state index in [2.05, 4.69) is 49.7 Å². The zero-order valence-corrected chi connectivity index (χ0v) is 18.4. The first kappa shape index (κ1) is 21.7. The number of carboxylic acid groups (broad SMARTS) is 1. The summed E-state index contributed by atoms with van der Waals surface area (Å²) in [6.45, 7) is 12.5. The fourth-order valence-corrected chi connectivity index (χ4v) is 4.62. The molecule has 0 bridgehead atoms. The highest BCUT2D eigenvalue weighted by Gasteiger charge is 2.34. The molecule has 27 heavy (non-hydrogen) atoms. The van der Waals surface area contributed by atoms with Gasteiger partial charge in [-0.3, -0.25) is 0 Å². The quantitative estimate of drug-likeness (QED) is 0.558. The van der Waals surface area contributed by atoms with Gasteiger partial charge in [0.1, 0.15) is 17.5 Å². The second kappa shape index (κ2) is 8.17. The molecule has 0 N–H and O–H groups in total. The Bertz CT molecular complexity index is 819. The number of halogens is 2. The van der Waals surface area contributed by atoms with Gasteiger partial charge >= 0.3 is 0 Å². The maximum absolute atomic E-state index is 14.2. The minimum atomic E-state index is -1.82. The fraction of sp³-hybridized carbons (Fsp3) is 0.500. The van der Waals surface area contributed by atoms with E-state index in [-0.39, 0.29) is 16.9 Å². The topological polar surface area (TPSA) is 49.4 Å². The molecule has 0 radical (unpaired) electrons. The first-order valence-electron chi connectivity index (χ1n) is 9.31. The summed E-state index contributed by atoms with van der Waals surface area (Å²) in [5, 5.41) is 11.1. The molecule has 148 valence electrons. The van der Waals surface area contributed by atoms with Crippen LogP contribution in [0.15, 0.2) is 22.4 Å². The van der Waals surface area contributed by atoms with Crippen molar-refractivity contribution in [3.05, 3.63) is 39.1 Å². The van der Waals surface area contributed by atoms with E-state index in [1.165, 1.54) is 12.5 Å². The van der Waals surface area contributed by atoms with E-state index in [0.717, 1.165) is 28.4 Å². The average Bonchev–Trinajstić information content (AvgIpc) is 2.58. The molecule has 3 nitrogen and oxygen atoms in total. The van der Waals surface area contributed by atoms with E-state index in [1.807, 2.05) is 13.0 Å². The van der Waals surface area contributed by atoms with Crippen molar-refractivity contribution in [3.8, 4) is 5.75 Å². The lowest BCUT2D eigenvalue weighted by Crippen LogP contribution is -2.25. The highest BCUT2D eigenvalue weighted by molar-refractivity contribution is 9.10. The molecule has 1 aliphatic rings. The van der Waals surface area contributed by atoms with Crippen molar-refractivity contribution in [3.63, 3.8) is 0 Å². The number of benzene rings is 1. The van der Waals surface area contributed by atoms with Gasteiger partial charge in [0.25, 0.3) is 0 Å². The Labute approximate surface area is 169 Å². The van der Waals surface area contributed by atoms with Crippen LogP contribution in [0.4, 0.5) is 4.39 Å². The number of fused-ring (bicyclic) bond motifs is 1. The van der Waals surface area contributed by atoms with Crippen LogP contribution in [0.25, 0.3) is 11.1 Å². The molecule has 0 fully saturated rings. The maximum atomic E-state index is 14.2. The Hall–Kier alpha value is -1.62. The summed E-state index contributed by atoms with van der Waals surface area (Å²) in [4.78, 5) is 11.1. The standard InChI is InChI=1S/C22H28BrFO3/c1-7-10-27-20-15(13(4)19(24)21(25)26)11-16-14(12(2)3)8-9-22(5,6)17(16)18(20)23/h8,11-12H,7,9-10H2,1-6H3,(H,25,26)/p-1/b19-13+. The lowest BCUT2D eigenvalue weighted by molar-refractivity contribution is -0.301. The van der Waals surface area contributed by atoms with Crippen molar-refractivity contribution < 1.29 is 19.0 Å². The summed E-state index contributed by atoms with van der Waals surface area (Å²) in [6, 6.07) is 1.87. The summed E-state index contributed by atoms with van der Waals surface area (Å²) in [6.07, 6.45) is 3.90. The molecule has 0 spiro atoms. The Morgan fingerprint density at radius 3 is 2.56 bits per heavy atom. The molecule has 0 saturated carbocycles. The van der Waals surface area contributed by atoms with Crippen molar-refractivity contribution in [1.82, 2.24) is 0 Å². The zero-order valence-electron chi connectivity index (χ0n) is 16.8. The van der Waals surface area contributed by atoms with Crippen molar-refractivity contribution in [2.24, 2.45) is 5.92 Å². The largest absolute Gasteiger partial charge is 0.542 e. The third-order valence-electron chi connectivity index (χ3n) is 5.03. The van der Waals surface area contributed by atoms with Gasteiger partial charge in [0.2, 0.25) is 0 Å². The van der Waals surface area contributed by atoms with Crippen LogP contribution in [-0.4, -0.2) is 12.6 Å². The molecule has 0 heterocycles. The summed E-state index contributed by atoms with van der Waals surface area (Å²) in [5.74, 6) is -2.31. The van der Waals surface area contributed by atoms with E-state index >= 15 is 0 Å². The molecule has 0 atom stereocenters. The third-order valence-corrected chi connectivity index (χ3v) is 5.78. The van der Waals surface area contributed by atoms with Gasteiger partial charge in [0.05, 0.1) is 11.1 Å². The van der Waals surface area contributed by atoms with Gasteiger partial charge < -0.3 is 14.6 Å². The molecule has 1 aromatic carbocycles. The maximum Gasteiger partial charge on any atom is 0.149 e. The number of carboxylic acids is 1. The Kier molecular flexibility index (Phi) is 6.56. The van der Waals surface area contributed by atoms with Gasteiger partial charge in [0.15, 0.2) is 0 Å². The van der Waals surface area contributed by atoms with Gasteiger partial charge in [-0.1, -0.05) is 40.7 Å². The van der Waals surface area contributed by atoms with Gasteiger partial charge in [-0.05, 0) is 75.4 Å². The minimum absolute atomic E-state index is 0.0103. The molecule has 0 unspecified atom stereocenters. The minimum Gasteiger partial charge on any atom is -0.542 e. The molecule has 5 heteroatoms. The third kappa shape index (κ3) is 4.13. The summed E-state index contributed by atoms with van der Waals surface area (Å²) >= 11 is 3.69. The van der Waals surface area contributed by atoms with Crippen LogP contribution in [0.3, 0.4) is 0 Å². The zero-order chi connectivity index (χ0) is 20.5. The normalized spacial score (nSPS) is 16.6. The molecule has 0 amide bonds. The van der Waals surface area contributed by atoms with E-state index in [1.54, 1.807) is 0 Å². The predicted octanol–water partition coefficient (Wildman–Crippen LogP) is 5.41. The molecule has 0 aromatic heterocycles. The molecule has 1 aromatic rings. The van der Waals surface area contributed by atoms with Crippen LogP contribution >= 0.6 is 15.9 Å². The first-order chi connectivity index (χ1) is 12.5. The van der Waals surface area contributed by atoms with Gasteiger partial charge in [-0.15, -0.1) is 0 Å². The fourth-order valence-electron chi connectivity index (χ4n) is 3.54. The number of ether oxygens (including phenoxy) is 1. The first-order valence-corrected chi connectivity index (χ1v) is 10.1. The number of allylic oxidation sites excluding steroid dienone is 3. The number of carbonyl (C=O) groups excluding carboxylic acids is 1. The number of rotatable bonds is 6. The van der Waals surface area contributed by atoms with Crippen LogP contribution in [-0.2, 0) is 10.2 Å². The smallest absolute Gasteiger partial charge is 0.149 e. The van der Waals surface area contributed by atoms with Crippen LogP contribution in [0.1, 0.15) is 71.1 Å². The van der Waals surface area contributed by atoms with E-state index < -0.39 is 11.8 Å². The van der Waals surface area contributed by atoms with E-state index in [0.29, 0.717) is 17.9 Å². The van der Waals surface area contributed by atoms with Crippen molar-refractivity contribution in [2.75, 3.05) is 6.61 Å². The summed E-state index contributed by atoms with van der Waals surface area (Å²) < 4.78 is 20.9. The Morgan fingerprint density at radius 1 is 1.41 bits per heavy atom. The van der Waals surface area contributed by atoms with E-state index in [9.17, 15) is 14.3 Å². The second-order valence-corrected chi connectivity index (χ2v) is 8.76. The highest BCUT2D eigenvalue weighted by atomic mass is 79.9. The van der Waals surface area contributed by atoms with E-state index in [4.69, 9.17) is 4.74 Å². The highest BCUT2D eigenvalue weighted by Crippen LogP contribution is 2.50. The van der Waals surface area contributed by atoms with Gasteiger partial charge in [0, 0.05) is 5.56 Å². The van der Waals surface area contributed by atoms with Gasteiger partial charge in [-0.25, -0.2) is 4.39 Å². The van der Waals surface area contributed by atoms with Crippen LogP contribution in [0.2, 0.25) is 0 Å². The van der Waals surface area contributed by atoms with Crippen molar-refractivity contribution in [1.29, 1.82) is 0 Å². The second-order valence-electron chi connectivity index (χ2n) is 7.97. The van der Waals surface area contributed by atoms with Crippen LogP contribution in [0, 0.1) is 5.92 Å². The Morgan fingerprint density at radius 2 is 2.04 bits per heavy atom. The lowest BCUT2D eigenvalue weighted by Gasteiger charge is -2.36. The molecular weight excluding hydrogens is 411 g/mol. The van der Waals surface area contributed by atoms with Crippen LogP contribution in [0.5, 0.6) is 5.75 Å². The number of hydrogen-bond acceptors (Lipinski definition) is 3. The molecule has 0 saturated heterocycles. The SMILES string of the molecule is CCCOc1c(/C(C)=C(/F)C(=O)[O-])cc2c(c1Br)C(C)(C)CC=C2C(C)C. The number of aliphatic carboxylic acids is 1. The predicted molar refractivity (Wildman–Crippen MR) is 109 cm³/mol. The number of hydrogen-bond donors (Lipinski definition) is 0. The molecular formula is C22H27BrFO3-. The number of carbonyl (C=O) groups is 1. The van der Waals surface area contributed by atoms with Crippen molar-refractivity contribution in [2.45, 2.75) is 59.8 Å². The van der Waals surface area contributed by atoms with Crippen molar-refractivity contribution >= 4 is 33.0 Å². The summed E-state index contributed by atoms with van der Waals surface area (Å²) in [7, 11) is 0. The average molecular weight is 438 g/mol.